The lowest BCUT2D eigenvalue weighted by atomic mass is 10.1. The number of aryl methyl sites for hydroxylation is 2. The van der Waals surface area contributed by atoms with Crippen molar-refractivity contribution in [3.8, 4) is 0 Å². The van der Waals surface area contributed by atoms with E-state index in [-0.39, 0.29) is 24.8 Å². The number of hydrogen-bond donors (Lipinski definition) is 2. The fourth-order valence-electron chi connectivity index (χ4n) is 1.01. The minimum Gasteiger partial charge on any atom is -0.399 e. The fraction of sp³-hybridized carbons (Fsp3) is 0.250. The first kappa shape index (κ1) is 14.0. The molecule has 2 nitrogen and oxygen atoms in total. The molecule has 1 aromatic carbocycles. The van der Waals surface area contributed by atoms with E-state index >= 15 is 0 Å². The van der Waals surface area contributed by atoms with Gasteiger partial charge in [0.1, 0.15) is 0 Å². The Balaban J connectivity index is 0. The number of halogens is 2. The summed E-state index contributed by atoms with van der Waals surface area (Å²) in [6.07, 6.45) is 0. The van der Waals surface area contributed by atoms with Gasteiger partial charge in [0.05, 0.1) is 0 Å². The smallest absolute Gasteiger partial charge is 0.0374 e. The molecule has 70 valence electrons. The molecule has 0 saturated carbocycles. The standard InChI is InChI=1S/C8H12N2.2ClH/c1-5-3-7(9)4-6(2)8(5)10;;/h3-4H,9-10H2,1-2H3;2*1H. The molecule has 0 spiro atoms. The van der Waals surface area contributed by atoms with Crippen molar-refractivity contribution in [2.45, 2.75) is 13.8 Å². The molecule has 0 radical (unpaired) electrons. The summed E-state index contributed by atoms with van der Waals surface area (Å²) >= 11 is 0. The lowest BCUT2D eigenvalue weighted by Gasteiger charge is -2.04. The minimum absolute atomic E-state index is 0. The van der Waals surface area contributed by atoms with Crippen molar-refractivity contribution in [2.24, 2.45) is 0 Å². The molecule has 0 aromatic heterocycles. The second-order valence-electron chi connectivity index (χ2n) is 2.57. The summed E-state index contributed by atoms with van der Waals surface area (Å²) in [5, 5.41) is 0. The number of hydrogen-bond acceptors (Lipinski definition) is 2. The molecule has 0 bridgehead atoms. The normalized spacial score (nSPS) is 8.17. The van der Waals surface area contributed by atoms with Crippen LogP contribution in [0.5, 0.6) is 0 Å². The van der Waals surface area contributed by atoms with E-state index in [4.69, 9.17) is 11.5 Å². The maximum Gasteiger partial charge on any atom is 0.0374 e. The molecule has 0 heterocycles. The Labute approximate surface area is 85.1 Å². The Hall–Kier alpha value is -0.600. The summed E-state index contributed by atoms with van der Waals surface area (Å²) in [4.78, 5) is 0. The van der Waals surface area contributed by atoms with Crippen molar-refractivity contribution in [3.05, 3.63) is 23.3 Å². The van der Waals surface area contributed by atoms with Crippen LogP contribution in [0.15, 0.2) is 12.1 Å². The lowest BCUT2D eigenvalue weighted by Crippen LogP contribution is -1.95. The third kappa shape index (κ3) is 2.80. The summed E-state index contributed by atoms with van der Waals surface area (Å²) in [5.41, 5.74) is 15.0. The van der Waals surface area contributed by atoms with Gasteiger partial charge >= 0.3 is 0 Å². The van der Waals surface area contributed by atoms with E-state index in [1.54, 1.807) is 0 Å². The van der Waals surface area contributed by atoms with Crippen molar-refractivity contribution >= 4 is 36.2 Å². The summed E-state index contributed by atoms with van der Waals surface area (Å²) in [6, 6.07) is 3.75. The molecule has 4 heteroatoms. The van der Waals surface area contributed by atoms with Crippen LogP contribution in [0.4, 0.5) is 11.4 Å². The van der Waals surface area contributed by atoms with E-state index < -0.39 is 0 Å². The Morgan fingerprint density at radius 3 is 1.58 bits per heavy atom. The van der Waals surface area contributed by atoms with Crippen LogP contribution in [0.2, 0.25) is 0 Å². The number of benzene rings is 1. The first-order chi connectivity index (χ1) is 4.61. The van der Waals surface area contributed by atoms with Crippen LogP contribution in [0.3, 0.4) is 0 Å². The highest BCUT2D eigenvalue weighted by Gasteiger charge is 1.97. The molecular formula is C8H14Cl2N2. The van der Waals surface area contributed by atoms with Crippen LogP contribution in [0.25, 0.3) is 0 Å². The maximum atomic E-state index is 5.70. The molecule has 1 rings (SSSR count). The second-order valence-corrected chi connectivity index (χ2v) is 2.57. The molecule has 0 atom stereocenters. The largest absolute Gasteiger partial charge is 0.399 e. The van der Waals surface area contributed by atoms with Gasteiger partial charge in [-0.25, -0.2) is 0 Å². The van der Waals surface area contributed by atoms with Crippen LogP contribution in [-0.2, 0) is 0 Å². The van der Waals surface area contributed by atoms with Gasteiger partial charge < -0.3 is 11.5 Å². The molecular weight excluding hydrogens is 195 g/mol. The number of nitrogen functional groups attached to an aromatic ring is 2. The molecule has 0 fully saturated rings. The predicted molar refractivity (Wildman–Crippen MR) is 59.2 cm³/mol. The molecule has 0 saturated heterocycles. The highest BCUT2D eigenvalue weighted by Crippen LogP contribution is 2.19. The van der Waals surface area contributed by atoms with Crippen LogP contribution in [-0.4, -0.2) is 0 Å². The van der Waals surface area contributed by atoms with E-state index in [2.05, 4.69) is 0 Å². The Kier molecular flexibility index (Phi) is 5.95. The highest BCUT2D eigenvalue weighted by molar-refractivity contribution is 5.85. The Bertz CT molecular complexity index is 238. The summed E-state index contributed by atoms with van der Waals surface area (Å²) in [6.45, 7) is 3.91. The quantitative estimate of drug-likeness (QED) is 0.644. The fourth-order valence-corrected chi connectivity index (χ4v) is 1.01. The molecule has 12 heavy (non-hydrogen) atoms. The minimum atomic E-state index is 0. The first-order valence-electron chi connectivity index (χ1n) is 3.23. The van der Waals surface area contributed by atoms with E-state index in [1.165, 1.54) is 0 Å². The third-order valence-electron chi connectivity index (χ3n) is 1.62. The molecule has 0 amide bonds. The van der Waals surface area contributed by atoms with Gasteiger partial charge in [-0.15, -0.1) is 24.8 Å². The van der Waals surface area contributed by atoms with Gasteiger partial charge in [0, 0.05) is 11.4 Å². The van der Waals surface area contributed by atoms with E-state index in [9.17, 15) is 0 Å². The average Bonchev–Trinajstić information content (AvgIpc) is 1.82. The van der Waals surface area contributed by atoms with Gasteiger partial charge in [0.2, 0.25) is 0 Å². The van der Waals surface area contributed by atoms with Crippen LogP contribution < -0.4 is 11.5 Å². The van der Waals surface area contributed by atoms with E-state index in [0.717, 1.165) is 22.5 Å². The number of rotatable bonds is 0. The highest BCUT2D eigenvalue weighted by atomic mass is 35.5. The van der Waals surface area contributed by atoms with Gasteiger partial charge in [0.25, 0.3) is 0 Å². The van der Waals surface area contributed by atoms with E-state index in [0.29, 0.717) is 0 Å². The van der Waals surface area contributed by atoms with Crippen LogP contribution in [0, 0.1) is 13.8 Å². The number of nitrogens with two attached hydrogens (primary N) is 2. The molecule has 0 aliphatic carbocycles. The summed E-state index contributed by atoms with van der Waals surface area (Å²) in [5.74, 6) is 0. The lowest BCUT2D eigenvalue weighted by molar-refractivity contribution is 1.39. The van der Waals surface area contributed by atoms with Gasteiger partial charge in [0.15, 0.2) is 0 Å². The number of anilines is 2. The van der Waals surface area contributed by atoms with Crippen molar-refractivity contribution in [2.75, 3.05) is 11.5 Å². The third-order valence-corrected chi connectivity index (χ3v) is 1.62. The Morgan fingerprint density at radius 1 is 0.917 bits per heavy atom. The summed E-state index contributed by atoms with van der Waals surface area (Å²) in [7, 11) is 0. The van der Waals surface area contributed by atoms with Crippen LogP contribution >= 0.6 is 24.8 Å². The monoisotopic (exact) mass is 208 g/mol. The van der Waals surface area contributed by atoms with Gasteiger partial charge in [-0.05, 0) is 37.1 Å². The van der Waals surface area contributed by atoms with Gasteiger partial charge in [-0.2, -0.15) is 0 Å². The Morgan fingerprint density at radius 2 is 1.25 bits per heavy atom. The molecule has 1 aromatic rings. The van der Waals surface area contributed by atoms with E-state index in [1.807, 2.05) is 26.0 Å². The summed E-state index contributed by atoms with van der Waals surface area (Å²) < 4.78 is 0. The average molecular weight is 209 g/mol. The predicted octanol–water partition coefficient (Wildman–Crippen LogP) is 2.31. The molecule has 4 N–H and O–H groups in total. The zero-order valence-corrected chi connectivity index (χ0v) is 8.76. The topological polar surface area (TPSA) is 52.0 Å². The second kappa shape index (κ2) is 5.12. The van der Waals surface area contributed by atoms with Crippen molar-refractivity contribution in [3.63, 3.8) is 0 Å². The maximum absolute atomic E-state index is 5.70. The van der Waals surface area contributed by atoms with Crippen molar-refractivity contribution in [1.82, 2.24) is 0 Å². The first-order valence-corrected chi connectivity index (χ1v) is 3.23. The van der Waals surface area contributed by atoms with Crippen molar-refractivity contribution < 1.29 is 0 Å². The zero-order chi connectivity index (χ0) is 7.72. The molecule has 0 aliphatic heterocycles. The SMILES string of the molecule is Cc1cc(N)cc(C)c1N.Cl.Cl. The zero-order valence-electron chi connectivity index (χ0n) is 7.13. The van der Waals surface area contributed by atoms with Gasteiger partial charge in [-0.1, -0.05) is 0 Å². The molecule has 0 unspecified atom stereocenters. The molecule has 0 aliphatic rings. The van der Waals surface area contributed by atoms with Gasteiger partial charge in [-0.3, -0.25) is 0 Å². The van der Waals surface area contributed by atoms with Crippen LogP contribution in [0.1, 0.15) is 11.1 Å². The van der Waals surface area contributed by atoms with Crippen molar-refractivity contribution in [1.29, 1.82) is 0 Å².